The lowest BCUT2D eigenvalue weighted by molar-refractivity contribution is 0.833. The van der Waals surface area contributed by atoms with Gasteiger partial charge in [-0.05, 0) is 23.1 Å². The first-order valence-electron chi connectivity index (χ1n) is 5.95. The van der Waals surface area contributed by atoms with Crippen molar-refractivity contribution in [2.75, 3.05) is 0 Å². The predicted molar refractivity (Wildman–Crippen MR) is 72.6 cm³/mol. The number of hydrogen-bond donors (Lipinski definition) is 0. The molecule has 0 unspecified atom stereocenters. The Balaban J connectivity index is 2.47. The van der Waals surface area contributed by atoms with E-state index >= 15 is 0 Å². The molecule has 2 rings (SSSR count). The van der Waals surface area contributed by atoms with Gasteiger partial charge in [0.05, 0.1) is 0 Å². The molecule has 1 aromatic heterocycles. The van der Waals surface area contributed by atoms with Crippen molar-refractivity contribution in [1.82, 2.24) is 4.98 Å². The maximum atomic E-state index is 4.20. The van der Waals surface area contributed by atoms with E-state index in [-0.39, 0.29) is 0 Å². The van der Waals surface area contributed by atoms with E-state index in [0.717, 1.165) is 0 Å². The molecule has 0 spiro atoms. The Morgan fingerprint density at radius 2 is 1.71 bits per heavy atom. The SMILES string of the molecule is CC(C)/C=C(/c1ccccc1)c1cccnc1. The smallest absolute Gasteiger partial charge is 0.0346 e. The highest BCUT2D eigenvalue weighted by Gasteiger charge is 2.05. The van der Waals surface area contributed by atoms with Crippen LogP contribution in [0.1, 0.15) is 25.0 Å². The van der Waals surface area contributed by atoms with Gasteiger partial charge < -0.3 is 0 Å². The van der Waals surface area contributed by atoms with Crippen molar-refractivity contribution in [2.24, 2.45) is 5.92 Å². The first-order valence-corrected chi connectivity index (χ1v) is 5.95. The zero-order chi connectivity index (χ0) is 12.1. The van der Waals surface area contributed by atoms with Crippen molar-refractivity contribution in [1.29, 1.82) is 0 Å². The molecule has 1 heteroatoms. The van der Waals surface area contributed by atoms with Crippen molar-refractivity contribution in [3.63, 3.8) is 0 Å². The van der Waals surface area contributed by atoms with Crippen LogP contribution < -0.4 is 0 Å². The Kier molecular flexibility index (Phi) is 3.71. The van der Waals surface area contributed by atoms with Gasteiger partial charge in [-0.2, -0.15) is 0 Å². The summed E-state index contributed by atoms with van der Waals surface area (Å²) in [6, 6.07) is 14.5. The number of nitrogens with zero attached hydrogens (tertiary/aromatic N) is 1. The number of allylic oxidation sites excluding steroid dienone is 1. The molecule has 1 aromatic carbocycles. The normalized spacial score (nSPS) is 11.8. The highest BCUT2D eigenvalue weighted by Crippen LogP contribution is 2.24. The molecule has 0 aliphatic carbocycles. The minimum atomic E-state index is 0.519. The van der Waals surface area contributed by atoms with Crippen LogP contribution in [0.15, 0.2) is 60.9 Å². The van der Waals surface area contributed by atoms with E-state index in [1.807, 2.05) is 24.5 Å². The Bertz CT molecular complexity index is 442. The first kappa shape index (κ1) is 11.6. The summed E-state index contributed by atoms with van der Waals surface area (Å²) in [5, 5.41) is 0. The summed E-state index contributed by atoms with van der Waals surface area (Å²) < 4.78 is 0. The summed E-state index contributed by atoms with van der Waals surface area (Å²) in [5.41, 5.74) is 3.68. The number of aromatic nitrogens is 1. The molecular formula is C16H17N. The third-order valence-electron chi connectivity index (χ3n) is 2.56. The van der Waals surface area contributed by atoms with Crippen LogP contribution in [0.5, 0.6) is 0 Å². The van der Waals surface area contributed by atoms with Crippen LogP contribution in [0, 0.1) is 5.92 Å². The fourth-order valence-corrected chi connectivity index (χ4v) is 1.83. The zero-order valence-electron chi connectivity index (χ0n) is 10.3. The van der Waals surface area contributed by atoms with E-state index < -0.39 is 0 Å². The molecule has 0 bridgehead atoms. The van der Waals surface area contributed by atoms with Crippen LogP contribution in [-0.4, -0.2) is 4.98 Å². The quantitative estimate of drug-likeness (QED) is 0.761. The summed E-state index contributed by atoms with van der Waals surface area (Å²) in [7, 11) is 0. The molecule has 2 aromatic rings. The van der Waals surface area contributed by atoms with E-state index in [4.69, 9.17) is 0 Å². The second-order valence-corrected chi connectivity index (χ2v) is 4.43. The van der Waals surface area contributed by atoms with Gasteiger partial charge in [0.2, 0.25) is 0 Å². The summed E-state index contributed by atoms with van der Waals surface area (Å²) in [6.07, 6.45) is 6.01. The van der Waals surface area contributed by atoms with Crippen LogP contribution in [0.3, 0.4) is 0 Å². The van der Waals surface area contributed by atoms with Gasteiger partial charge in [0.15, 0.2) is 0 Å². The molecular weight excluding hydrogens is 206 g/mol. The van der Waals surface area contributed by atoms with Crippen molar-refractivity contribution in [2.45, 2.75) is 13.8 Å². The second kappa shape index (κ2) is 5.44. The van der Waals surface area contributed by atoms with Crippen molar-refractivity contribution < 1.29 is 0 Å². The number of rotatable bonds is 3. The van der Waals surface area contributed by atoms with E-state index in [0.29, 0.717) is 5.92 Å². The summed E-state index contributed by atoms with van der Waals surface area (Å²) in [5.74, 6) is 0.519. The number of hydrogen-bond acceptors (Lipinski definition) is 1. The van der Waals surface area contributed by atoms with Crippen molar-refractivity contribution in [3.05, 3.63) is 72.1 Å². The zero-order valence-corrected chi connectivity index (χ0v) is 10.3. The monoisotopic (exact) mass is 223 g/mol. The van der Waals surface area contributed by atoms with Gasteiger partial charge in [0.25, 0.3) is 0 Å². The molecule has 0 N–H and O–H groups in total. The Morgan fingerprint density at radius 1 is 1.00 bits per heavy atom. The van der Waals surface area contributed by atoms with Gasteiger partial charge in [0, 0.05) is 18.0 Å². The number of pyridine rings is 1. The highest BCUT2D eigenvalue weighted by molar-refractivity contribution is 5.79. The van der Waals surface area contributed by atoms with E-state index in [1.54, 1.807) is 0 Å². The van der Waals surface area contributed by atoms with E-state index in [9.17, 15) is 0 Å². The van der Waals surface area contributed by atoms with Crippen LogP contribution in [0.2, 0.25) is 0 Å². The third-order valence-corrected chi connectivity index (χ3v) is 2.56. The molecule has 0 aliphatic rings. The maximum absolute atomic E-state index is 4.20. The van der Waals surface area contributed by atoms with Crippen LogP contribution in [0.25, 0.3) is 5.57 Å². The topological polar surface area (TPSA) is 12.9 Å². The molecule has 17 heavy (non-hydrogen) atoms. The highest BCUT2D eigenvalue weighted by atomic mass is 14.6. The molecule has 0 radical (unpaired) electrons. The van der Waals surface area contributed by atoms with Gasteiger partial charge in [0.1, 0.15) is 0 Å². The lowest BCUT2D eigenvalue weighted by Crippen LogP contribution is -1.91. The third kappa shape index (κ3) is 3.04. The minimum absolute atomic E-state index is 0.519. The van der Waals surface area contributed by atoms with Crippen molar-refractivity contribution >= 4 is 5.57 Å². The second-order valence-electron chi connectivity index (χ2n) is 4.43. The molecule has 1 heterocycles. The summed E-state index contributed by atoms with van der Waals surface area (Å²) >= 11 is 0. The van der Waals surface area contributed by atoms with Gasteiger partial charge >= 0.3 is 0 Å². The molecule has 0 fully saturated rings. The largest absolute Gasteiger partial charge is 0.264 e. The van der Waals surface area contributed by atoms with Crippen LogP contribution in [0.4, 0.5) is 0 Å². The van der Waals surface area contributed by atoms with Crippen LogP contribution >= 0.6 is 0 Å². The number of benzene rings is 1. The summed E-state index contributed by atoms with van der Waals surface area (Å²) in [4.78, 5) is 4.20. The standard InChI is InChI=1S/C16H17N/c1-13(2)11-16(14-7-4-3-5-8-14)15-9-6-10-17-12-15/h3-13H,1-2H3/b16-11-. The lowest BCUT2D eigenvalue weighted by Gasteiger charge is -2.09. The average Bonchev–Trinajstić information content (AvgIpc) is 2.38. The Hall–Kier alpha value is -1.89. The van der Waals surface area contributed by atoms with Gasteiger partial charge in [-0.15, -0.1) is 0 Å². The molecule has 0 saturated heterocycles. The molecule has 1 nitrogen and oxygen atoms in total. The fraction of sp³-hybridized carbons (Fsp3) is 0.188. The average molecular weight is 223 g/mol. The predicted octanol–water partition coefficient (Wildman–Crippen LogP) is 4.17. The van der Waals surface area contributed by atoms with Gasteiger partial charge in [-0.25, -0.2) is 0 Å². The van der Waals surface area contributed by atoms with E-state index in [1.165, 1.54) is 16.7 Å². The molecule has 86 valence electrons. The molecule has 0 aliphatic heterocycles. The van der Waals surface area contributed by atoms with E-state index in [2.05, 4.69) is 55.2 Å². The minimum Gasteiger partial charge on any atom is -0.264 e. The fourth-order valence-electron chi connectivity index (χ4n) is 1.83. The lowest BCUT2D eigenvalue weighted by atomic mass is 9.96. The first-order chi connectivity index (χ1) is 8.27. The molecule has 0 atom stereocenters. The molecule has 0 saturated carbocycles. The Labute approximate surface area is 103 Å². The Morgan fingerprint density at radius 3 is 2.29 bits per heavy atom. The van der Waals surface area contributed by atoms with Gasteiger partial charge in [-0.3, -0.25) is 4.98 Å². The molecule has 0 amide bonds. The van der Waals surface area contributed by atoms with Crippen LogP contribution in [-0.2, 0) is 0 Å². The summed E-state index contributed by atoms with van der Waals surface area (Å²) in [6.45, 7) is 4.39. The van der Waals surface area contributed by atoms with Crippen molar-refractivity contribution in [3.8, 4) is 0 Å². The van der Waals surface area contributed by atoms with Gasteiger partial charge in [-0.1, -0.05) is 56.3 Å². The maximum Gasteiger partial charge on any atom is 0.0346 e.